The predicted molar refractivity (Wildman–Crippen MR) is 84.8 cm³/mol. The summed E-state index contributed by atoms with van der Waals surface area (Å²) in [5, 5.41) is 12.2. The van der Waals surface area contributed by atoms with Crippen LogP contribution in [0.4, 0.5) is 0 Å². The van der Waals surface area contributed by atoms with E-state index in [-0.39, 0.29) is 0 Å². The van der Waals surface area contributed by atoms with Crippen molar-refractivity contribution < 1.29 is 5.11 Å². The minimum Gasteiger partial charge on any atom is -0.508 e. The van der Waals surface area contributed by atoms with Gasteiger partial charge in [-0.3, -0.25) is 0 Å². The first kappa shape index (κ1) is 12.5. The summed E-state index contributed by atoms with van der Waals surface area (Å²) in [6.45, 7) is 0. The van der Waals surface area contributed by atoms with Gasteiger partial charge in [0.25, 0.3) is 0 Å². The van der Waals surface area contributed by atoms with E-state index in [0.29, 0.717) is 5.75 Å². The highest BCUT2D eigenvalue weighted by atomic mass is 16.3. The number of benzene rings is 3. The lowest BCUT2D eigenvalue weighted by Gasteiger charge is -2.01. The molecule has 20 heavy (non-hydrogen) atoms. The first-order chi connectivity index (χ1) is 9.83. The van der Waals surface area contributed by atoms with Crippen LogP contribution in [-0.4, -0.2) is 5.11 Å². The molecule has 1 nitrogen and oxygen atoms in total. The Balaban J connectivity index is 1.79. The molecule has 0 unspecified atom stereocenters. The molecule has 0 atom stereocenters. The van der Waals surface area contributed by atoms with Gasteiger partial charge in [-0.2, -0.15) is 0 Å². The molecule has 0 aliphatic rings. The highest BCUT2D eigenvalue weighted by Gasteiger charge is 1.96. The number of phenols is 1. The number of aromatic hydroxyl groups is 1. The third kappa shape index (κ3) is 2.72. The third-order valence-corrected chi connectivity index (χ3v) is 3.41. The summed E-state index contributed by atoms with van der Waals surface area (Å²) in [7, 11) is 0. The van der Waals surface area contributed by atoms with Crippen molar-refractivity contribution in [2.45, 2.75) is 6.42 Å². The Morgan fingerprint density at radius 1 is 0.800 bits per heavy atom. The summed E-state index contributed by atoms with van der Waals surface area (Å²) in [6, 6.07) is 22.2. The minimum absolute atomic E-state index is 0.357. The Bertz CT molecular complexity index is 756. The normalized spacial score (nSPS) is 11.2. The van der Waals surface area contributed by atoms with Gasteiger partial charge < -0.3 is 5.11 Å². The molecule has 0 bridgehead atoms. The summed E-state index contributed by atoms with van der Waals surface area (Å²) < 4.78 is 0. The maximum absolute atomic E-state index is 9.72. The van der Waals surface area contributed by atoms with E-state index in [2.05, 4.69) is 54.6 Å². The Morgan fingerprint density at radius 2 is 1.55 bits per heavy atom. The van der Waals surface area contributed by atoms with Crippen molar-refractivity contribution in [1.82, 2.24) is 0 Å². The van der Waals surface area contributed by atoms with Crippen molar-refractivity contribution in [3.8, 4) is 5.75 Å². The molecule has 3 aromatic carbocycles. The highest BCUT2D eigenvalue weighted by Crippen LogP contribution is 2.19. The monoisotopic (exact) mass is 260 g/mol. The zero-order valence-electron chi connectivity index (χ0n) is 11.2. The van der Waals surface area contributed by atoms with E-state index in [9.17, 15) is 5.11 Å². The molecule has 0 heterocycles. The van der Waals surface area contributed by atoms with E-state index in [1.54, 1.807) is 6.07 Å². The fraction of sp³-hybridized carbons (Fsp3) is 0.0526. The number of para-hydroxylation sites is 1. The van der Waals surface area contributed by atoms with E-state index in [0.717, 1.165) is 12.0 Å². The van der Waals surface area contributed by atoms with Crippen LogP contribution in [0.15, 0.2) is 72.8 Å². The topological polar surface area (TPSA) is 20.2 Å². The SMILES string of the molecule is Oc1ccccc1C/C=C/c1ccc2ccccc2c1. The molecule has 0 radical (unpaired) electrons. The van der Waals surface area contributed by atoms with Crippen molar-refractivity contribution in [3.63, 3.8) is 0 Å². The summed E-state index contributed by atoms with van der Waals surface area (Å²) in [4.78, 5) is 0. The van der Waals surface area contributed by atoms with Gasteiger partial charge in [-0.25, -0.2) is 0 Å². The molecule has 3 rings (SSSR count). The van der Waals surface area contributed by atoms with Crippen LogP contribution >= 0.6 is 0 Å². The first-order valence-corrected chi connectivity index (χ1v) is 6.75. The molecule has 0 aromatic heterocycles. The van der Waals surface area contributed by atoms with Crippen LogP contribution in [0.25, 0.3) is 16.8 Å². The lowest BCUT2D eigenvalue weighted by atomic mass is 10.1. The number of hydrogen-bond acceptors (Lipinski definition) is 1. The van der Waals surface area contributed by atoms with Gasteiger partial charge in [0.15, 0.2) is 0 Å². The maximum atomic E-state index is 9.72. The molecular formula is C19H16O. The average Bonchev–Trinajstić information content (AvgIpc) is 2.49. The predicted octanol–water partition coefficient (Wildman–Crippen LogP) is 4.80. The second kappa shape index (κ2) is 5.62. The molecular weight excluding hydrogens is 244 g/mol. The number of allylic oxidation sites excluding steroid dienone is 1. The smallest absolute Gasteiger partial charge is 0.119 e. The standard InChI is InChI=1S/C19H16O/c20-19-11-4-3-8-17(19)10-5-6-15-12-13-16-7-1-2-9-18(16)14-15/h1-9,11-14,20H,10H2/b6-5+. The van der Waals surface area contributed by atoms with Crippen molar-refractivity contribution >= 4 is 16.8 Å². The molecule has 0 amide bonds. The fourth-order valence-electron chi connectivity index (χ4n) is 2.32. The first-order valence-electron chi connectivity index (χ1n) is 6.75. The van der Waals surface area contributed by atoms with E-state index in [4.69, 9.17) is 0 Å². The molecule has 0 saturated carbocycles. The summed E-state index contributed by atoms with van der Waals surface area (Å²) in [6.07, 6.45) is 4.91. The van der Waals surface area contributed by atoms with Crippen molar-refractivity contribution in [3.05, 3.63) is 83.9 Å². The summed E-state index contributed by atoms with van der Waals surface area (Å²) >= 11 is 0. The summed E-state index contributed by atoms with van der Waals surface area (Å²) in [5.41, 5.74) is 2.13. The van der Waals surface area contributed by atoms with Crippen LogP contribution in [0.3, 0.4) is 0 Å². The minimum atomic E-state index is 0.357. The lowest BCUT2D eigenvalue weighted by Crippen LogP contribution is -1.81. The van der Waals surface area contributed by atoms with Gasteiger partial charge in [0.2, 0.25) is 0 Å². The zero-order valence-corrected chi connectivity index (χ0v) is 11.2. The molecule has 0 fully saturated rings. The molecule has 1 heteroatoms. The van der Waals surface area contributed by atoms with E-state index in [1.807, 2.05) is 18.2 Å². The van der Waals surface area contributed by atoms with E-state index < -0.39 is 0 Å². The van der Waals surface area contributed by atoms with Crippen molar-refractivity contribution in [1.29, 1.82) is 0 Å². The Hall–Kier alpha value is -2.54. The zero-order chi connectivity index (χ0) is 13.8. The van der Waals surface area contributed by atoms with Crippen LogP contribution in [-0.2, 0) is 6.42 Å². The number of phenolic OH excluding ortho intramolecular Hbond substituents is 1. The van der Waals surface area contributed by atoms with Crippen LogP contribution in [0, 0.1) is 0 Å². The Labute approximate surface area is 118 Å². The van der Waals surface area contributed by atoms with Crippen molar-refractivity contribution in [2.24, 2.45) is 0 Å². The lowest BCUT2D eigenvalue weighted by molar-refractivity contribution is 0.470. The number of rotatable bonds is 3. The van der Waals surface area contributed by atoms with Crippen molar-refractivity contribution in [2.75, 3.05) is 0 Å². The van der Waals surface area contributed by atoms with E-state index >= 15 is 0 Å². The molecule has 1 N–H and O–H groups in total. The van der Waals surface area contributed by atoms with Gasteiger partial charge >= 0.3 is 0 Å². The van der Waals surface area contributed by atoms with Gasteiger partial charge in [-0.15, -0.1) is 0 Å². The fourth-order valence-corrected chi connectivity index (χ4v) is 2.32. The largest absolute Gasteiger partial charge is 0.508 e. The molecule has 0 saturated heterocycles. The maximum Gasteiger partial charge on any atom is 0.119 e. The molecule has 98 valence electrons. The second-order valence-electron chi connectivity index (χ2n) is 4.84. The Morgan fingerprint density at radius 3 is 2.40 bits per heavy atom. The average molecular weight is 260 g/mol. The molecule has 3 aromatic rings. The van der Waals surface area contributed by atoms with Gasteiger partial charge in [-0.05, 0) is 40.5 Å². The second-order valence-corrected chi connectivity index (χ2v) is 4.84. The molecule has 0 aliphatic heterocycles. The van der Waals surface area contributed by atoms with Crippen LogP contribution in [0.2, 0.25) is 0 Å². The highest BCUT2D eigenvalue weighted by molar-refractivity contribution is 5.84. The number of fused-ring (bicyclic) bond motifs is 1. The van der Waals surface area contributed by atoms with Gasteiger partial charge in [-0.1, -0.05) is 66.7 Å². The van der Waals surface area contributed by atoms with Gasteiger partial charge in [0.1, 0.15) is 5.75 Å². The Kier molecular flexibility index (Phi) is 3.51. The number of hydrogen-bond donors (Lipinski definition) is 1. The molecule has 0 spiro atoms. The van der Waals surface area contributed by atoms with Crippen LogP contribution < -0.4 is 0 Å². The third-order valence-electron chi connectivity index (χ3n) is 3.41. The van der Waals surface area contributed by atoms with E-state index in [1.165, 1.54) is 16.3 Å². The van der Waals surface area contributed by atoms with Crippen LogP contribution in [0.1, 0.15) is 11.1 Å². The molecule has 0 aliphatic carbocycles. The summed E-state index contributed by atoms with van der Waals surface area (Å²) in [5.74, 6) is 0.357. The quantitative estimate of drug-likeness (QED) is 0.717. The van der Waals surface area contributed by atoms with Crippen LogP contribution in [0.5, 0.6) is 5.75 Å². The van der Waals surface area contributed by atoms with Gasteiger partial charge in [0, 0.05) is 0 Å². The van der Waals surface area contributed by atoms with Gasteiger partial charge in [0.05, 0.1) is 0 Å².